The highest BCUT2D eigenvalue weighted by Crippen LogP contribution is 2.08. The predicted molar refractivity (Wildman–Crippen MR) is 117 cm³/mol. The average molecular weight is 449 g/mol. The van der Waals surface area contributed by atoms with Crippen LogP contribution in [-0.2, 0) is 30.4 Å². The molecule has 6 N–H and O–H groups in total. The number of primary amides is 1. The summed E-state index contributed by atoms with van der Waals surface area (Å²) in [6.45, 7) is 4.97. The predicted octanol–water partition coefficient (Wildman–Crippen LogP) is 0.0996. The van der Waals surface area contributed by atoms with Crippen LogP contribution in [0.15, 0.2) is 30.3 Å². The van der Waals surface area contributed by atoms with E-state index in [2.05, 4.69) is 16.0 Å². The van der Waals surface area contributed by atoms with E-state index in [4.69, 9.17) is 10.8 Å². The summed E-state index contributed by atoms with van der Waals surface area (Å²) in [4.78, 5) is 59.9. The summed E-state index contributed by atoms with van der Waals surface area (Å²) in [6.07, 6.45) is -0.0266. The van der Waals surface area contributed by atoms with Crippen LogP contribution < -0.4 is 21.7 Å². The Labute approximate surface area is 187 Å². The van der Waals surface area contributed by atoms with Gasteiger partial charge >= 0.3 is 5.97 Å². The largest absolute Gasteiger partial charge is 0.481 e. The molecule has 0 bridgehead atoms. The third kappa shape index (κ3) is 10.1. The fourth-order valence-corrected chi connectivity index (χ4v) is 3.10. The molecule has 1 aromatic rings. The number of benzene rings is 1. The molecule has 1 rings (SSSR count). The number of amides is 4. The molecule has 3 atom stereocenters. The molecule has 10 heteroatoms. The van der Waals surface area contributed by atoms with Gasteiger partial charge < -0.3 is 26.8 Å². The molecular formula is C22H32N4O6. The lowest BCUT2D eigenvalue weighted by Gasteiger charge is -2.25. The van der Waals surface area contributed by atoms with Crippen LogP contribution in [0.25, 0.3) is 0 Å². The van der Waals surface area contributed by atoms with E-state index in [9.17, 15) is 24.0 Å². The molecule has 0 heterocycles. The van der Waals surface area contributed by atoms with Gasteiger partial charge in [0.15, 0.2) is 0 Å². The van der Waals surface area contributed by atoms with E-state index >= 15 is 0 Å². The molecule has 176 valence electrons. The molecule has 0 spiro atoms. The van der Waals surface area contributed by atoms with Gasteiger partial charge in [0.05, 0.1) is 0 Å². The van der Waals surface area contributed by atoms with Crippen molar-refractivity contribution < 1.29 is 29.1 Å². The molecule has 0 aliphatic carbocycles. The number of rotatable bonds is 13. The van der Waals surface area contributed by atoms with Crippen molar-refractivity contribution in [2.75, 3.05) is 0 Å². The molecule has 10 nitrogen and oxygen atoms in total. The van der Waals surface area contributed by atoms with Crippen LogP contribution in [-0.4, -0.2) is 52.8 Å². The van der Waals surface area contributed by atoms with Crippen molar-refractivity contribution in [2.45, 2.75) is 64.6 Å². The van der Waals surface area contributed by atoms with Crippen LogP contribution in [0.3, 0.4) is 0 Å². The van der Waals surface area contributed by atoms with Crippen LogP contribution in [0.1, 0.15) is 45.6 Å². The number of nitrogens with one attached hydrogen (secondary N) is 3. The first kappa shape index (κ1) is 26.6. The van der Waals surface area contributed by atoms with Gasteiger partial charge in [-0.3, -0.25) is 24.0 Å². The van der Waals surface area contributed by atoms with Crippen LogP contribution in [0.2, 0.25) is 0 Å². The Hall–Kier alpha value is -3.43. The smallest absolute Gasteiger partial charge is 0.303 e. The lowest BCUT2D eigenvalue weighted by Crippen LogP contribution is -2.57. The molecule has 4 amide bonds. The summed E-state index contributed by atoms with van der Waals surface area (Å²) in [5.41, 5.74) is 6.17. The molecule has 0 aliphatic heterocycles. The Morgan fingerprint density at radius 2 is 1.47 bits per heavy atom. The number of carboxylic acids is 1. The molecule has 0 saturated heterocycles. The van der Waals surface area contributed by atoms with E-state index in [1.165, 1.54) is 6.92 Å². The maximum atomic E-state index is 13.0. The third-order valence-electron chi connectivity index (χ3n) is 4.62. The van der Waals surface area contributed by atoms with E-state index in [0.717, 1.165) is 5.56 Å². The second-order valence-corrected chi connectivity index (χ2v) is 8.03. The van der Waals surface area contributed by atoms with Gasteiger partial charge in [-0.15, -0.1) is 0 Å². The summed E-state index contributed by atoms with van der Waals surface area (Å²) < 4.78 is 0. The molecular weight excluding hydrogens is 416 g/mol. The Morgan fingerprint density at radius 3 is 1.97 bits per heavy atom. The zero-order valence-electron chi connectivity index (χ0n) is 18.6. The van der Waals surface area contributed by atoms with Gasteiger partial charge in [-0.05, 0) is 24.3 Å². The Kier molecular flexibility index (Phi) is 10.9. The van der Waals surface area contributed by atoms with E-state index in [0.29, 0.717) is 6.42 Å². The molecule has 0 saturated carbocycles. The third-order valence-corrected chi connectivity index (χ3v) is 4.62. The summed E-state index contributed by atoms with van der Waals surface area (Å²) >= 11 is 0. The summed E-state index contributed by atoms with van der Waals surface area (Å²) in [7, 11) is 0. The average Bonchev–Trinajstić information content (AvgIpc) is 2.69. The maximum Gasteiger partial charge on any atom is 0.303 e. The van der Waals surface area contributed by atoms with Crippen LogP contribution in [0.4, 0.5) is 0 Å². The summed E-state index contributed by atoms with van der Waals surface area (Å²) in [6, 6.07) is 5.83. The van der Waals surface area contributed by atoms with Gasteiger partial charge in [0.25, 0.3) is 0 Å². The Balaban J connectivity index is 3.06. The zero-order chi connectivity index (χ0) is 24.3. The number of carbonyl (C=O) groups is 5. The molecule has 3 unspecified atom stereocenters. The van der Waals surface area contributed by atoms with E-state index < -0.39 is 47.7 Å². The van der Waals surface area contributed by atoms with E-state index in [1.807, 2.05) is 19.9 Å². The van der Waals surface area contributed by atoms with Crippen molar-refractivity contribution in [2.24, 2.45) is 11.7 Å². The van der Waals surface area contributed by atoms with Gasteiger partial charge in [-0.1, -0.05) is 44.2 Å². The van der Waals surface area contributed by atoms with Crippen LogP contribution in [0, 0.1) is 5.92 Å². The fraction of sp³-hybridized carbons (Fsp3) is 0.500. The van der Waals surface area contributed by atoms with E-state index in [1.54, 1.807) is 24.3 Å². The normalized spacial score (nSPS) is 13.5. The number of carbonyl (C=O) groups excluding carboxylic acids is 4. The maximum absolute atomic E-state index is 13.0. The first-order chi connectivity index (χ1) is 15.0. The zero-order valence-corrected chi connectivity index (χ0v) is 18.6. The lowest BCUT2D eigenvalue weighted by atomic mass is 10.0. The van der Waals surface area contributed by atoms with Crippen molar-refractivity contribution in [1.29, 1.82) is 0 Å². The highest BCUT2D eigenvalue weighted by atomic mass is 16.4. The SMILES string of the molecule is CC(=O)NC(CCC(=O)O)C(=O)NC(Cc1ccccc1)C(=O)NC(CC(C)C)C(N)=O. The Bertz CT molecular complexity index is 812. The minimum Gasteiger partial charge on any atom is -0.481 e. The van der Waals surface area contributed by atoms with Crippen LogP contribution in [0.5, 0.6) is 0 Å². The number of hydrogen-bond donors (Lipinski definition) is 5. The number of carboxylic acid groups (broad SMARTS) is 1. The van der Waals surface area contributed by atoms with Crippen molar-refractivity contribution >= 4 is 29.6 Å². The number of nitrogens with two attached hydrogens (primary N) is 1. The van der Waals surface area contributed by atoms with Gasteiger partial charge in [0.1, 0.15) is 18.1 Å². The van der Waals surface area contributed by atoms with Crippen molar-refractivity contribution in [3.8, 4) is 0 Å². The standard InChI is InChI=1S/C22H32N4O6/c1-13(2)11-17(20(23)30)25-22(32)18(12-15-7-5-4-6-8-15)26-21(31)16(24-14(3)27)9-10-19(28)29/h4-8,13,16-18H,9-12H2,1-3H3,(H2,23,30)(H,24,27)(H,25,32)(H,26,31)(H,28,29). The molecule has 0 aliphatic rings. The minimum atomic E-state index is -1.13. The highest BCUT2D eigenvalue weighted by Gasteiger charge is 2.29. The summed E-state index contributed by atoms with van der Waals surface area (Å²) in [5.74, 6) is -3.52. The molecule has 0 radical (unpaired) electrons. The molecule has 0 fully saturated rings. The Morgan fingerprint density at radius 1 is 0.906 bits per heavy atom. The van der Waals surface area contributed by atoms with Crippen molar-refractivity contribution in [3.05, 3.63) is 35.9 Å². The van der Waals surface area contributed by atoms with Crippen LogP contribution >= 0.6 is 0 Å². The quantitative estimate of drug-likeness (QED) is 0.287. The molecule has 0 aromatic heterocycles. The van der Waals surface area contributed by atoms with Gasteiger partial charge in [0, 0.05) is 19.8 Å². The number of aliphatic carboxylic acids is 1. The first-order valence-electron chi connectivity index (χ1n) is 10.4. The van der Waals surface area contributed by atoms with Crippen molar-refractivity contribution in [1.82, 2.24) is 16.0 Å². The van der Waals surface area contributed by atoms with Gasteiger partial charge in [-0.25, -0.2) is 0 Å². The topological polar surface area (TPSA) is 168 Å². The summed E-state index contributed by atoms with van der Waals surface area (Å²) in [5, 5.41) is 16.5. The lowest BCUT2D eigenvalue weighted by molar-refractivity contribution is -0.138. The second-order valence-electron chi connectivity index (χ2n) is 8.03. The first-order valence-corrected chi connectivity index (χ1v) is 10.4. The van der Waals surface area contributed by atoms with Gasteiger partial charge in [-0.2, -0.15) is 0 Å². The van der Waals surface area contributed by atoms with E-state index in [-0.39, 0.29) is 25.2 Å². The minimum absolute atomic E-state index is 0.0927. The fourth-order valence-electron chi connectivity index (χ4n) is 3.10. The van der Waals surface area contributed by atoms with Gasteiger partial charge in [0.2, 0.25) is 23.6 Å². The highest BCUT2D eigenvalue weighted by molar-refractivity contribution is 5.94. The van der Waals surface area contributed by atoms with Crippen molar-refractivity contribution in [3.63, 3.8) is 0 Å². The molecule has 32 heavy (non-hydrogen) atoms. The molecule has 1 aromatic carbocycles. The monoisotopic (exact) mass is 448 g/mol. The second kappa shape index (κ2) is 13.1. The number of hydrogen-bond acceptors (Lipinski definition) is 5.